The number of ether oxygens (including phenoxy) is 2. The number of hydrogen-bond donors (Lipinski definition) is 2. The molecule has 2 heterocycles. The van der Waals surface area contributed by atoms with Gasteiger partial charge >= 0.3 is 0 Å². The lowest BCUT2D eigenvalue weighted by atomic mass is 10.1. The van der Waals surface area contributed by atoms with Gasteiger partial charge in [-0.2, -0.15) is 4.31 Å². The predicted octanol–water partition coefficient (Wildman–Crippen LogP) is 2.32. The van der Waals surface area contributed by atoms with Gasteiger partial charge in [0.15, 0.2) is 6.61 Å². The Kier molecular flexibility index (Phi) is 7.59. The second kappa shape index (κ2) is 11.2. The van der Waals surface area contributed by atoms with Gasteiger partial charge in [-0.05, 0) is 54.6 Å². The van der Waals surface area contributed by atoms with Crippen LogP contribution < -0.4 is 20.3 Å². The first-order valence-corrected chi connectivity index (χ1v) is 13.7. The summed E-state index contributed by atoms with van der Waals surface area (Å²) in [6.07, 6.45) is 0. The lowest BCUT2D eigenvalue weighted by Crippen LogP contribution is -2.43. The Balaban J connectivity index is 1.29. The molecule has 1 fully saturated rings. The minimum Gasteiger partial charge on any atom is -0.482 e. The van der Waals surface area contributed by atoms with E-state index in [-0.39, 0.29) is 42.6 Å². The summed E-state index contributed by atoms with van der Waals surface area (Å²) in [5, 5.41) is 5.50. The van der Waals surface area contributed by atoms with E-state index in [0.717, 1.165) is 0 Å². The van der Waals surface area contributed by atoms with Crippen molar-refractivity contribution in [3.63, 3.8) is 0 Å². The first-order chi connectivity index (χ1) is 18.8. The molecule has 5 rings (SSSR count). The lowest BCUT2D eigenvalue weighted by molar-refractivity contribution is -0.123. The van der Waals surface area contributed by atoms with Gasteiger partial charge in [0.05, 0.1) is 23.8 Å². The van der Waals surface area contributed by atoms with E-state index >= 15 is 0 Å². The first-order valence-electron chi connectivity index (χ1n) is 12.2. The van der Waals surface area contributed by atoms with Gasteiger partial charge in [-0.3, -0.25) is 19.3 Å². The Morgan fingerprint density at radius 1 is 0.872 bits per heavy atom. The molecular weight excluding hydrogens is 524 g/mol. The minimum atomic E-state index is -3.68. The van der Waals surface area contributed by atoms with E-state index in [1.165, 1.54) is 33.5 Å². The molecule has 0 aromatic heterocycles. The summed E-state index contributed by atoms with van der Waals surface area (Å²) in [4.78, 5) is 39.5. The molecule has 0 radical (unpaired) electrons. The van der Waals surface area contributed by atoms with Crippen LogP contribution in [0.25, 0.3) is 0 Å². The molecular formula is C27H26N4O7S. The summed E-state index contributed by atoms with van der Waals surface area (Å²) in [5.41, 5.74) is 1.57. The Morgan fingerprint density at radius 3 is 2.31 bits per heavy atom. The van der Waals surface area contributed by atoms with Gasteiger partial charge in [-0.1, -0.05) is 18.2 Å². The van der Waals surface area contributed by atoms with Crippen molar-refractivity contribution in [1.29, 1.82) is 0 Å². The Hall–Kier alpha value is -4.26. The summed E-state index contributed by atoms with van der Waals surface area (Å²) in [7, 11) is -3.68. The lowest BCUT2D eigenvalue weighted by Gasteiger charge is -2.29. The third-order valence-electron chi connectivity index (χ3n) is 6.24. The zero-order chi connectivity index (χ0) is 27.4. The molecule has 202 valence electrons. The Morgan fingerprint density at radius 2 is 1.59 bits per heavy atom. The number of carbonyl (C=O) groups excluding carboxylic acids is 3. The number of hydrogen-bond acceptors (Lipinski definition) is 7. The zero-order valence-electron chi connectivity index (χ0n) is 20.8. The summed E-state index contributed by atoms with van der Waals surface area (Å²) >= 11 is 0. The number of morpholine rings is 1. The molecule has 3 aromatic rings. The van der Waals surface area contributed by atoms with Crippen LogP contribution >= 0.6 is 0 Å². The minimum absolute atomic E-state index is 0.0924. The van der Waals surface area contributed by atoms with Gasteiger partial charge in [0.2, 0.25) is 15.9 Å². The Bertz CT molecular complexity index is 1490. The van der Waals surface area contributed by atoms with Crippen LogP contribution in [0.3, 0.4) is 0 Å². The highest BCUT2D eigenvalue weighted by molar-refractivity contribution is 7.89. The smallest absolute Gasteiger partial charge is 0.265 e. The van der Waals surface area contributed by atoms with Crippen molar-refractivity contribution >= 4 is 44.8 Å². The average molecular weight is 551 g/mol. The maximum absolute atomic E-state index is 12.9. The highest BCUT2D eigenvalue weighted by atomic mass is 32.2. The summed E-state index contributed by atoms with van der Waals surface area (Å²) in [5.74, 6) is -0.852. The van der Waals surface area contributed by atoms with Gasteiger partial charge in [0, 0.05) is 30.0 Å². The van der Waals surface area contributed by atoms with E-state index in [0.29, 0.717) is 36.0 Å². The van der Waals surface area contributed by atoms with E-state index < -0.39 is 21.8 Å². The molecule has 0 atom stereocenters. The number of nitrogens with one attached hydrogen (secondary N) is 2. The van der Waals surface area contributed by atoms with Crippen molar-refractivity contribution in [2.24, 2.45) is 0 Å². The monoisotopic (exact) mass is 550 g/mol. The van der Waals surface area contributed by atoms with Crippen molar-refractivity contribution in [3.8, 4) is 5.75 Å². The molecule has 0 saturated carbocycles. The fourth-order valence-corrected chi connectivity index (χ4v) is 5.64. The SMILES string of the molecule is O=C(CN1C(=O)COc2ccc(NC(=O)c3ccc(S(=O)(=O)N4CCOCC4)cc3)cc21)Nc1ccccc1. The molecule has 1 saturated heterocycles. The van der Waals surface area contributed by atoms with Gasteiger partial charge in [-0.15, -0.1) is 0 Å². The van der Waals surface area contributed by atoms with Crippen molar-refractivity contribution in [1.82, 2.24) is 4.31 Å². The van der Waals surface area contributed by atoms with Crippen LogP contribution in [0.15, 0.2) is 77.7 Å². The number of para-hydroxylation sites is 1. The quantitative estimate of drug-likeness (QED) is 0.461. The van der Waals surface area contributed by atoms with Gasteiger partial charge in [0.25, 0.3) is 11.8 Å². The van der Waals surface area contributed by atoms with Crippen LogP contribution in [0.4, 0.5) is 17.1 Å². The van der Waals surface area contributed by atoms with Crippen LogP contribution in [0.5, 0.6) is 5.75 Å². The molecule has 39 heavy (non-hydrogen) atoms. The summed E-state index contributed by atoms with van der Waals surface area (Å²) in [6.45, 7) is 0.788. The fourth-order valence-electron chi connectivity index (χ4n) is 4.24. The number of rotatable bonds is 7. The van der Waals surface area contributed by atoms with E-state index in [4.69, 9.17) is 9.47 Å². The van der Waals surface area contributed by atoms with Gasteiger partial charge in [0.1, 0.15) is 12.3 Å². The number of fused-ring (bicyclic) bond motifs is 1. The van der Waals surface area contributed by atoms with Crippen molar-refractivity contribution in [3.05, 3.63) is 78.4 Å². The molecule has 0 bridgehead atoms. The molecule has 3 aromatic carbocycles. The van der Waals surface area contributed by atoms with E-state index in [1.54, 1.807) is 42.5 Å². The normalized spacial score (nSPS) is 15.7. The number of anilines is 3. The third kappa shape index (κ3) is 5.93. The van der Waals surface area contributed by atoms with Crippen LogP contribution in [0.2, 0.25) is 0 Å². The molecule has 11 nitrogen and oxygen atoms in total. The zero-order valence-corrected chi connectivity index (χ0v) is 21.6. The molecule has 0 unspecified atom stereocenters. The highest BCUT2D eigenvalue weighted by Gasteiger charge is 2.29. The Labute approximate surface area is 225 Å². The van der Waals surface area contributed by atoms with Crippen LogP contribution in [0.1, 0.15) is 10.4 Å². The molecule has 2 aliphatic rings. The maximum atomic E-state index is 12.9. The van der Waals surface area contributed by atoms with Crippen molar-refractivity contribution in [2.45, 2.75) is 4.90 Å². The van der Waals surface area contributed by atoms with Crippen molar-refractivity contribution < 1.29 is 32.3 Å². The predicted molar refractivity (Wildman–Crippen MR) is 143 cm³/mol. The van der Waals surface area contributed by atoms with Crippen LogP contribution in [0, 0.1) is 0 Å². The number of amides is 3. The molecule has 2 N–H and O–H groups in total. The van der Waals surface area contributed by atoms with Crippen LogP contribution in [-0.2, 0) is 24.3 Å². The van der Waals surface area contributed by atoms with E-state index in [9.17, 15) is 22.8 Å². The van der Waals surface area contributed by atoms with Crippen LogP contribution in [-0.4, -0.2) is 69.9 Å². The number of sulfonamides is 1. The van der Waals surface area contributed by atoms with Gasteiger partial charge < -0.3 is 20.1 Å². The van der Waals surface area contributed by atoms with Gasteiger partial charge in [-0.25, -0.2) is 8.42 Å². The fraction of sp³-hybridized carbons (Fsp3) is 0.222. The molecule has 12 heteroatoms. The maximum Gasteiger partial charge on any atom is 0.265 e. The highest BCUT2D eigenvalue weighted by Crippen LogP contribution is 2.34. The third-order valence-corrected chi connectivity index (χ3v) is 8.16. The number of nitrogens with zero attached hydrogens (tertiary/aromatic N) is 2. The average Bonchev–Trinajstić information content (AvgIpc) is 2.95. The second-order valence-electron chi connectivity index (χ2n) is 8.86. The standard InChI is InChI=1S/C27H26N4O7S/c32-25(28-20-4-2-1-3-5-20)17-31-23-16-21(8-11-24(23)38-18-26(31)33)29-27(34)19-6-9-22(10-7-19)39(35,36)30-12-14-37-15-13-30/h1-11,16H,12-15,17-18H2,(H,28,32)(H,29,34). The molecule has 0 aliphatic carbocycles. The molecule has 0 spiro atoms. The number of benzene rings is 3. The molecule has 3 amide bonds. The van der Waals surface area contributed by atoms with E-state index in [2.05, 4.69) is 10.6 Å². The summed E-state index contributed by atoms with van der Waals surface area (Å²) in [6, 6.07) is 19.3. The van der Waals surface area contributed by atoms with E-state index in [1.807, 2.05) is 6.07 Å². The topological polar surface area (TPSA) is 134 Å². The van der Waals surface area contributed by atoms with Crippen molar-refractivity contribution in [2.75, 3.05) is 55.0 Å². The number of carbonyl (C=O) groups is 3. The second-order valence-corrected chi connectivity index (χ2v) is 10.8. The first kappa shape index (κ1) is 26.4. The summed E-state index contributed by atoms with van der Waals surface area (Å²) < 4.78 is 37.7. The molecule has 2 aliphatic heterocycles. The largest absolute Gasteiger partial charge is 0.482 e.